The van der Waals surface area contributed by atoms with E-state index in [1.807, 2.05) is 36.4 Å². The third kappa shape index (κ3) is 2.85. The number of hydrogen-bond donors (Lipinski definition) is 0. The second-order valence-electron chi connectivity index (χ2n) is 5.18. The van der Waals surface area contributed by atoms with Crippen molar-refractivity contribution in [1.82, 2.24) is 10.2 Å². The molecule has 0 saturated heterocycles. The van der Waals surface area contributed by atoms with Gasteiger partial charge in [0, 0.05) is 5.56 Å². The van der Waals surface area contributed by atoms with Gasteiger partial charge in [-0.3, -0.25) is 0 Å². The van der Waals surface area contributed by atoms with Crippen molar-refractivity contribution in [2.24, 2.45) is 0 Å². The molecule has 0 spiro atoms. The predicted molar refractivity (Wildman–Crippen MR) is 88.9 cm³/mol. The van der Waals surface area contributed by atoms with Crippen molar-refractivity contribution in [2.45, 2.75) is 0 Å². The molecule has 0 aliphatic carbocycles. The van der Waals surface area contributed by atoms with Gasteiger partial charge in [-0.15, -0.1) is 10.2 Å². The first kappa shape index (κ1) is 14.0. The van der Waals surface area contributed by atoms with Gasteiger partial charge in [0.05, 0.1) is 5.69 Å². The van der Waals surface area contributed by atoms with Crippen molar-refractivity contribution in [3.05, 3.63) is 59.8 Å². The molecule has 0 radical (unpaired) electrons. The van der Waals surface area contributed by atoms with Crippen LogP contribution in [0.1, 0.15) is 0 Å². The lowest BCUT2D eigenvalue weighted by atomic mass is 10.0. The Kier molecular flexibility index (Phi) is 3.60. The second-order valence-corrected chi connectivity index (χ2v) is 5.56. The van der Waals surface area contributed by atoms with E-state index in [1.165, 1.54) is 0 Å². The van der Waals surface area contributed by atoms with Crippen LogP contribution in [0, 0.1) is 0 Å². The zero-order valence-corrected chi connectivity index (χ0v) is 13.0. The number of nitrogens with zero attached hydrogens (tertiary/aromatic N) is 2. The topological polar surface area (TPSA) is 44.2 Å². The van der Waals surface area contributed by atoms with E-state index >= 15 is 0 Å². The first-order valence-corrected chi connectivity index (χ1v) is 7.67. The lowest BCUT2D eigenvalue weighted by Gasteiger charge is -2.19. The summed E-state index contributed by atoms with van der Waals surface area (Å²) in [5, 5.41) is 8.35. The molecule has 3 aromatic rings. The quantitative estimate of drug-likeness (QED) is 0.707. The van der Waals surface area contributed by atoms with E-state index in [0.29, 0.717) is 18.4 Å². The fourth-order valence-corrected chi connectivity index (χ4v) is 2.63. The molecule has 0 fully saturated rings. The molecule has 0 atom stereocenters. The largest absolute Gasteiger partial charge is 0.486 e. The predicted octanol–water partition coefficient (Wildman–Crippen LogP) is 4.24. The standard InChI is InChI=1S/C18H13ClN2O2/c19-18-8-6-15(20-21-18)13-3-1-12(2-4-13)14-5-7-16-17(11-14)23-10-9-22-16/h1-8,11H,9-10H2. The molecule has 5 heteroatoms. The maximum Gasteiger partial charge on any atom is 0.161 e. The van der Waals surface area contributed by atoms with E-state index in [4.69, 9.17) is 21.1 Å². The summed E-state index contributed by atoms with van der Waals surface area (Å²) < 4.78 is 11.2. The van der Waals surface area contributed by atoms with Gasteiger partial charge in [-0.25, -0.2) is 0 Å². The van der Waals surface area contributed by atoms with Gasteiger partial charge in [0.25, 0.3) is 0 Å². The molecule has 1 aliphatic heterocycles. The highest BCUT2D eigenvalue weighted by molar-refractivity contribution is 6.29. The van der Waals surface area contributed by atoms with E-state index < -0.39 is 0 Å². The number of fused-ring (bicyclic) bond motifs is 1. The molecule has 23 heavy (non-hydrogen) atoms. The van der Waals surface area contributed by atoms with Crippen LogP contribution in [0.15, 0.2) is 54.6 Å². The number of hydrogen-bond acceptors (Lipinski definition) is 4. The molecular weight excluding hydrogens is 312 g/mol. The van der Waals surface area contributed by atoms with Gasteiger partial charge in [0.2, 0.25) is 0 Å². The van der Waals surface area contributed by atoms with Gasteiger partial charge in [-0.05, 0) is 35.4 Å². The summed E-state index contributed by atoms with van der Waals surface area (Å²) in [5.41, 5.74) is 3.98. The number of benzene rings is 2. The van der Waals surface area contributed by atoms with Crippen LogP contribution in [0.3, 0.4) is 0 Å². The molecule has 0 saturated carbocycles. The van der Waals surface area contributed by atoms with Gasteiger partial charge >= 0.3 is 0 Å². The van der Waals surface area contributed by atoms with Crippen LogP contribution in [0.25, 0.3) is 22.4 Å². The highest BCUT2D eigenvalue weighted by atomic mass is 35.5. The van der Waals surface area contributed by atoms with Gasteiger partial charge in [-0.2, -0.15) is 0 Å². The molecule has 2 heterocycles. The van der Waals surface area contributed by atoms with Crippen LogP contribution in [-0.2, 0) is 0 Å². The molecule has 1 aliphatic rings. The Morgan fingerprint density at radius 3 is 2.13 bits per heavy atom. The summed E-state index contributed by atoms with van der Waals surface area (Å²) in [5.74, 6) is 1.59. The highest BCUT2D eigenvalue weighted by Gasteiger charge is 2.12. The average Bonchev–Trinajstić information content (AvgIpc) is 2.62. The summed E-state index contributed by atoms with van der Waals surface area (Å²) in [6.07, 6.45) is 0. The van der Waals surface area contributed by atoms with Crippen molar-refractivity contribution in [2.75, 3.05) is 13.2 Å². The van der Waals surface area contributed by atoms with E-state index in [9.17, 15) is 0 Å². The molecule has 4 rings (SSSR count). The minimum absolute atomic E-state index is 0.390. The Morgan fingerprint density at radius 2 is 1.39 bits per heavy atom. The van der Waals surface area contributed by atoms with Gasteiger partial charge in [0.1, 0.15) is 13.2 Å². The van der Waals surface area contributed by atoms with Crippen LogP contribution in [0.4, 0.5) is 0 Å². The third-order valence-corrected chi connectivity index (χ3v) is 3.89. The summed E-state index contributed by atoms with van der Waals surface area (Å²) >= 11 is 5.77. The SMILES string of the molecule is Clc1ccc(-c2ccc(-c3ccc4c(c3)OCCO4)cc2)nn1. The molecule has 0 amide bonds. The summed E-state index contributed by atoms with van der Waals surface area (Å²) in [6.45, 7) is 1.19. The Labute approximate surface area is 138 Å². The van der Waals surface area contributed by atoms with Crippen molar-refractivity contribution in [1.29, 1.82) is 0 Å². The molecule has 2 aromatic carbocycles. The Hall–Kier alpha value is -2.59. The third-order valence-electron chi connectivity index (χ3n) is 3.69. The lowest BCUT2D eigenvalue weighted by Crippen LogP contribution is -2.15. The maximum atomic E-state index is 5.77. The fourth-order valence-electron chi connectivity index (χ4n) is 2.53. The van der Waals surface area contributed by atoms with Crippen molar-refractivity contribution in [3.63, 3.8) is 0 Å². The van der Waals surface area contributed by atoms with Gasteiger partial charge in [0.15, 0.2) is 16.7 Å². The molecular formula is C18H13ClN2O2. The first-order chi connectivity index (χ1) is 11.3. The van der Waals surface area contributed by atoms with E-state index in [-0.39, 0.29) is 0 Å². The Morgan fingerprint density at radius 1 is 0.696 bits per heavy atom. The molecule has 114 valence electrons. The number of ether oxygens (including phenoxy) is 2. The number of rotatable bonds is 2. The monoisotopic (exact) mass is 324 g/mol. The zero-order chi connectivity index (χ0) is 15.6. The van der Waals surface area contributed by atoms with Gasteiger partial charge < -0.3 is 9.47 Å². The molecule has 0 unspecified atom stereocenters. The Bertz CT molecular complexity index is 833. The summed E-state index contributed by atoms with van der Waals surface area (Å²) in [6, 6.07) is 17.7. The van der Waals surface area contributed by atoms with Gasteiger partial charge in [-0.1, -0.05) is 41.9 Å². The minimum Gasteiger partial charge on any atom is -0.486 e. The summed E-state index contributed by atoms with van der Waals surface area (Å²) in [7, 11) is 0. The molecule has 0 bridgehead atoms. The average molecular weight is 325 g/mol. The molecule has 4 nitrogen and oxygen atoms in total. The van der Waals surface area contributed by atoms with E-state index in [0.717, 1.165) is 33.9 Å². The van der Waals surface area contributed by atoms with E-state index in [2.05, 4.69) is 22.3 Å². The number of aromatic nitrogens is 2. The highest BCUT2D eigenvalue weighted by Crippen LogP contribution is 2.34. The van der Waals surface area contributed by atoms with Crippen LogP contribution < -0.4 is 9.47 Å². The Balaban J connectivity index is 1.64. The second kappa shape index (κ2) is 5.89. The van der Waals surface area contributed by atoms with Crippen LogP contribution in [0.2, 0.25) is 5.15 Å². The first-order valence-electron chi connectivity index (χ1n) is 7.29. The van der Waals surface area contributed by atoms with Crippen LogP contribution in [-0.4, -0.2) is 23.4 Å². The summed E-state index contributed by atoms with van der Waals surface area (Å²) in [4.78, 5) is 0. The normalized spacial score (nSPS) is 12.9. The molecule has 0 N–H and O–H groups in total. The number of halogens is 1. The van der Waals surface area contributed by atoms with Crippen LogP contribution >= 0.6 is 11.6 Å². The van der Waals surface area contributed by atoms with Crippen molar-refractivity contribution in [3.8, 4) is 33.9 Å². The maximum absolute atomic E-state index is 5.77. The van der Waals surface area contributed by atoms with E-state index in [1.54, 1.807) is 6.07 Å². The smallest absolute Gasteiger partial charge is 0.161 e. The van der Waals surface area contributed by atoms with Crippen molar-refractivity contribution >= 4 is 11.6 Å². The fraction of sp³-hybridized carbons (Fsp3) is 0.111. The lowest BCUT2D eigenvalue weighted by molar-refractivity contribution is 0.171. The van der Waals surface area contributed by atoms with Crippen LogP contribution in [0.5, 0.6) is 11.5 Å². The molecule has 1 aromatic heterocycles. The zero-order valence-electron chi connectivity index (χ0n) is 12.2. The van der Waals surface area contributed by atoms with Crippen molar-refractivity contribution < 1.29 is 9.47 Å². The minimum atomic E-state index is 0.390.